The summed E-state index contributed by atoms with van der Waals surface area (Å²) in [6, 6.07) is 69.1. The molecule has 332 valence electrons. The Kier molecular flexibility index (Phi) is 7.96. The number of para-hydroxylation sites is 1. The van der Waals surface area contributed by atoms with Gasteiger partial charge in [-0.1, -0.05) is 140 Å². The van der Waals surface area contributed by atoms with E-state index >= 15 is 0 Å². The maximum absolute atomic E-state index is 2.81. The SMILES string of the molecule is c1ccc(N(c2ccc(-c3cccc4ccccc34)cc2)c2ccc3c(c2)C2(c4ccccc4-3)c3cc(C45CC6CC(CC(C6)C4)C5)ccc3-c3ccc(C45CC6CC(CC(C6)C4)C5)cc32)cc1. The van der Waals surface area contributed by atoms with E-state index in [1.54, 1.807) is 11.1 Å². The fourth-order valence-electron chi connectivity index (χ4n) is 18.2. The first-order chi connectivity index (χ1) is 33.5. The van der Waals surface area contributed by atoms with Gasteiger partial charge >= 0.3 is 0 Å². The summed E-state index contributed by atoms with van der Waals surface area (Å²) in [5, 5.41) is 2.57. The van der Waals surface area contributed by atoms with Gasteiger partial charge in [-0.3, -0.25) is 0 Å². The summed E-state index contributed by atoms with van der Waals surface area (Å²) in [7, 11) is 0. The Hall–Kier alpha value is -6.18. The third-order valence-electron chi connectivity index (χ3n) is 20.0. The molecule has 0 unspecified atom stereocenters. The molecule has 8 aromatic rings. The molecule has 0 radical (unpaired) electrons. The van der Waals surface area contributed by atoms with Crippen LogP contribution in [-0.4, -0.2) is 0 Å². The minimum atomic E-state index is -0.413. The second-order valence-corrected chi connectivity index (χ2v) is 23.7. The summed E-state index contributed by atoms with van der Waals surface area (Å²) in [6.45, 7) is 0. The van der Waals surface area contributed by atoms with Crippen molar-refractivity contribution in [1.29, 1.82) is 0 Å². The number of rotatable bonds is 6. The number of hydrogen-bond donors (Lipinski definition) is 0. The molecule has 0 aliphatic heterocycles. The Morgan fingerprint density at radius 1 is 0.324 bits per heavy atom. The number of anilines is 3. The predicted octanol–water partition coefficient (Wildman–Crippen LogP) is 17.3. The number of benzene rings is 8. The summed E-state index contributed by atoms with van der Waals surface area (Å²) < 4.78 is 0. The van der Waals surface area contributed by atoms with E-state index in [1.165, 1.54) is 161 Å². The summed E-state index contributed by atoms with van der Waals surface area (Å²) in [5.74, 6) is 5.44. The van der Waals surface area contributed by atoms with Crippen LogP contribution in [0.5, 0.6) is 0 Å². The molecule has 1 heteroatoms. The molecule has 0 atom stereocenters. The van der Waals surface area contributed by atoms with Crippen molar-refractivity contribution in [1.82, 2.24) is 0 Å². The van der Waals surface area contributed by atoms with Crippen LogP contribution in [0.15, 0.2) is 176 Å². The Bertz CT molecular complexity index is 3200. The van der Waals surface area contributed by atoms with Gasteiger partial charge in [0.15, 0.2) is 0 Å². The van der Waals surface area contributed by atoms with Gasteiger partial charge < -0.3 is 4.90 Å². The van der Waals surface area contributed by atoms with Crippen molar-refractivity contribution < 1.29 is 0 Å². The third-order valence-corrected chi connectivity index (χ3v) is 20.0. The van der Waals surface area contributed by atoms with E-state index in [2.05, 4.69) is 181 Å². The molecule has 10 aliphatic carbocycles. The first kappa shape index (κ1) is 38.8. The Labute approximate surface area is 402 Å². The molecule has 18 rings (SSSR count). The van der Waals surface area contributed by atoms with Gasteiger partial charge in [0, 0.05) is 17.1 Å². The topological polar surface area (TPSA) is 3.24 Å². The van der Waals surface area contributed by atoms with E-state index in [0.717, 1.165) is 35.5 Å². The molecule has 1 spiro atoms. The maximum Gasteiger partial charge on any atom is 0.0726 e. The van der Waals surface area contributed by atoms with Crippen molar-refractivity contribution in [2.45, 2.75) is 93.3 Å². The van der Waals surface area contributed by atoms with Gasteiger partial charge in [-0.25, -0.2) is 0 Å². The van der Waals surface area contributed by atoms with Crippen LogP contribution in [0.3, 0.4) is 0 Å². The molecule has 68 heavy (non-hydrogen) atoms. The lowest BCUT2D eigenvalue weighted by Gasteiger charge is -2.57. The largest absolute Gasteiger partial charge is 0.310 e. The van der Waals surface area contributed by atoms with E-state index in [-0.39, 0.29) is 0 Å². The number of nitrogens with zero attached hydrogens (tertiary/aromatic N) is 1. The lowest BCUT2D eigenvalue weighted by atomic mass is 9.48. The van der Waals surface area contributed by atoms with Gasteiger partial charge in [0.25, 0.3) is 0 Å². The quantitative estimate of drug-likeness (QED) is 0.161. The number of hydrogen-bond acceptors (Lipinski definition) is 1. The molecule has 8 aromatic carbocycles. The molecular formula is C67H59N. The highest BCUT2D eigenvalue weighted by atomic mass is 15.1. The van der Waals surface area contributed by atoms with Crippen LogP contribution in [0, 0.1) is 35.5 Å². The number of fused-ring (bicyclic) bond motifs is 11. The molecule has 0 saturated heterocycles. The second-order valence-electron chi connectivity index (χ2n) is 23.7. The van der Waals surface area contributed by atoms with E-state index in [4.69, 9.17) is 0 Å². The minimum Gasteiger partial charge on any atom is -0.310 e. The smallest absolute Gasteiger partial charge is 0.0726 e. The molecule has 1 nitrogen and oxygen atoms in total. The monoisotopic (exact) mass is 877 g/mol. The van der Waals surface area contributed by atoms with Gasteiger partial charge in [-0.15, -0.1) is 0 Å². The van der Waals surface area contributed by atoms with Crippen LogP contribution < -0.4 is 4.90 Å². The van der Waals surface area contributed by atoms with Crippen molar-refractivity contribution in [3.05, 3.63) is 209 Å². The lowest BCUT2D eigenvalue weighted by molar-refractivity contribution is -0.00530. The highest BCUT2D eigenvalue weighted by Crippen LogP contribution is 2.68. The standard InChI is InChI=1S/C67H59N/c1-2-11-52(12-3-1)68(53-21-17-49(18-22-53)56-15-8-10-48-9-4-5-13-55(48)56)54-23-26-60-57-14-6-7-16-61(57)67(64(60)35-54)62-33-50(65-36-42-27-43(37-65)29-44(28-42)38-65)19-24-58(62)59-25-20-51(34-63(59)67)66-39-45-30-46(40-66)32-47(31-45)41-66/h1-26,33-35,42-47H,27-32,36-41H2. The third kappa shape index (κ3) is 5.34. The van der Waals surface area contributed by atoms with Gasteiger partial charge in [0.05, 0.1) is 5.41 Å². The summed E-state index contributed by atoms with van der Waals surface area (Å²) >= 11 is 0. The van der Waals surface area contributed by atoms with Crippen LogP contribution in [-0.2, 0) is 16.2 Å². The molecule has 10 aliphatic rings. The highest BCUT2D eigenvalue weighted by Gasteiger charge is 2.57. The van der Waals surface area contributed by atoms with Crippen LogP contribution in [0.2, 0.25) is 0 Å². The summed E-state index contributed by atoms with van der Waals surface area (Å²) in [4.78, 5) is 2.51. The molecule has 0 aromatic heterocycles. The van der Waals surface area contributed by atoms with Crippen molar-refractivity contribution in [2.24, 2.45) is 35.5 Å². The molecular weight excluding hydrogens is 819 g/mol. The second kappa shape index (κ2) is 14.0. The van der Waals surface area contributed by atoms with Gasteiger partial charge in [-0.2, -0.15) is 0 Å². The van der Waals surface area contributed by atoms with E-state index < -0.39 is 5.41 Å². The zero-order valence-electron chi connectivity index (χ0n) is 39.1. The summed E-state index contributed by atoms with van der Waals surface area (Å²) in [5.41, 5.74) is 21.3. The molecule has 8 bridgehead atoms. The minimum absolute atomic E-state index is 0.315. The van der Waals surface area contributed by atoms with Gasteiger partial charge in [0.2, 0.25) is 0 Å². The predicted molar refractivity (Wildman–Crippen MR) is 280 cm³/mol. The van der Waals surface area contributed by atoms with E-state index in [9.17, 15) is 0 Å². The normalized spacial score (nSPS) is 30.4. The average molecular weight is 878 g/mol. The van der Waals surface area contributed by atoms with Crippen molar-refractivity contribution in [3.8, 4) is 33.4 Å². The Balaban J connectivity index is 0.912. The highest BCUT2D eigenvalue weighted by molar-refractivity contribution is 5.98. The molecule has 8 fully saturated rings. The fourth-order valence-corrected chi connectivity index (χ4v) is 18.2. The lowest BCUT2D eigenvalue weighted by Crippen LogP contribution is -2.48. The zero-order chi connectivity index (χ0) is 44.3. The Morgan fingerprint density at radius 3 is 1.37 bits per heavy atom. The van der Waals surface area contributed by atoms with Gasteiger partial charge in [0.1, 0.15) is 0 Å². The molecule has 0 heterocycles. The van der Waals surface area contributed by atoms with Crippen LogP contribution in [0.25, 0.3) is 44.2 Å². The van der Waals surface area contributed by atoms with Crippen LogP contribution in [0.1, 0.15) is 110 Å². The van der Waals surface area contributed by atoms with Crippen LogP contribution >= 0.6 is 0 Å². The molecule has 0 N–H and O–H groups in total. The zero-order valence-corrected chi connectivity index (χ0v) is 39.1. The van der Waals surface area contributed by atoms with E-state index in [1.807, 2.05) is 0 Å². The average Bonchev–Trinajstić information content (AvgIpc) is 3.82. The van der Waals surface area contributed by atoms with E-state index in [0.29, 0.717) is 10.8 Å². The summed E-state index contributed by atoms with van der Waals surface area (Å²) in [6.07, 6.45) is 17.1. The molecule has 0 amide bonds. The first-order valence-electron chi connectivity index (χ1n) is 26.5. The Morgan fingerprint density at radius 2 is 0.765 bits per heavy atom. The fraction of sp³-hybridized carbons (Fsp3) is 0.313. The van der Waals surface area contributed by atoms with Crippen molar-refractivity contribution >= 4 is 27.8 Å². The first-order valence-corrected chi connectivity index (χ1v) is 26.5. The van der Waals surface area contributed by atoms with Crippen molar-refractivity contribution in [2.75, 3.05) is 4.90 Å². The maximum atomic E-state index is 2.81. The van der Waals surface area contributed by atoms with Crippen molar-refractivity contribution in [3.63, 3.8) is 0 Å². The van der Waals surface area contributed by atoms with Crippen LogP contribution in [0.4, 0.5) is 17.1 Å². The van der Waals surface area contributed by atoms with Gasteiger partial charge in [-0.05, 0) is 237 Å². The molecule has 8 saturated carbocycles.